The molecule has 7 heteroatoms. The highest BCUT2D eigenvalue weighted by atomic mass is 16.7. The van der Waals surface area contributed by atoms with E-state index < -0.39 is 12.4 Å². The third kappa shape index (κ3) is 3.29. The molecule has 1 atom stereocenters. The van der Waals surface area contributed by atoms with Gasteiger partial charge in [0.05, 0.1) is 14.2 Å². The van der Waals surface area contributed by atoms with Gasteiger partial charge < -0.3 is 33.5 Å². The Kier molecular flexibility index (Phi) is 5.51. The van der Waals surface area contributed by atoms with Gasteiger partial charge in [0.25, 0.3) is 0 Å². The number of benzene rings is 2. The zero-order chi connectivity index (χ0) is 18.7. The first-order valence-electron chi connectivity index (χ1n) is 8.02. The third-order valence-electron chi connectivity index (χ3n) is 4.28. The van der Waals surface area contributed by atoms with Crippen LogP contribution in [0.15, 0.2) is 30.3 Å². The second-order valence-electron chi connectivity index (χ2n) is 5.65. The van der Waals surface area contributed by atoms with Crippen molar-refractivity contribution in [1.82, 2.24) is 0 Å². The van der Waals surface area contributed by atoms with Crippen LogP contribution in [0.25, 0.3) is 0 Å². The average molecular weight is 362 g/mol. The van der Waals surface area contributed by atoms with E-state index in [0.717, 1.165) is 0 Å². The minimum Gasteiger partial charge on any atom is -0.493 e. The molecule has 0 radical (unpaired) electrons. The van der Waals surface area contributed by atoms with Crippen LogP contribution < -0.4 is 18.9 Å². The molecule has 1 aliphatic heterocycles. The molecular weight excluding hydrogens is 340 g/mol. The number of hydrogen-bond donors (Lipinski definition) is 1. The Balaban J connectivity index is 2.09. The number of aliphatic hydroxyl groups is 1. The molecule has 2 aromatic carbocycles. The summed E-state index contributed by atoms with van der Waals surface area (Å²) in [5, 5.41) is 11.0. The van der Waals surface area contributed by atoms with Crippen LogP contribution in [0.2, 0.25) is 0 Å². The molecule has 7 nitrogen and oxygen atoms in total. The zero-order valence-electron chi connectivity index (χ0n) is 15.1. The molecule has 0 saturated heterocycles. The van der Waals surface area contributed by atoms with Crippen LogP contribution in [-0.2, 0) is 9.47 Å². The van der Waals surface area contributed by atoms with Gasteiger partial charge in [0, 0.05) is 19.8 Å². The van der Waals surface area contributed by atoms with E-state index in [0.29, 0.717) is 39.7 Å². The topological polar surface area (TPSA) is 75.6 Å². The van der Waals surface area contributed by atoms with Crippen LogP contribution in [-0.4, -0.2) is 40.3 Å². The summed E-state index contributed by atoms with van der Waals surface area (Å²) in [5.74, 6) is 2.26. The minimum absolute atomic E-state index is 0.173. The van der Waals surface area contributed by atoms with E-state index in [2.05, 4.69) is 0 Å². The van der Waals surface area contributed by atoms with Crippen molar-refractivity contribution in [3.63, 3.8) is 0 Å². The Morgan fingerprint density at radius 1 is 0.846 bits per heavy atom. The van der Waals surface area contributed by atoms with Crippen molar-refractivity contribution in [2.24, 2.45) is 0 Å². The summed E-state index contributed by atoms with van der Waals surface area (Å²) in [4.78, 5) is 0. The molecule has 2 aromatic rings. The maximum absolute atomic E-state index is 11.0. The minimum atomic E-state index is -0.952. The smallest absolute Gasteiger partial charge is 0.231 e. The molecule has 1 N–H and O–H groups in total. The molecule has 0 fully saturated rings. The summed E-state index contributed by atoms with van der Waals surface area (Å²) in [6, 6.07) is 8.76. The quantitative estimate of drug-likeness (QED) is 0.759. The molecule has 0 bridgehead atoms. The number of hydrogen-bond acceptors (Lipinski definition) is 7. The second-order valence-corrected chi connectivity index (χ2v) is 5.65. The van der Waals surface area contributed by atoms with Crippen LogP contribution in [0.4, 0.5) is 0 Å². The van der Waals surface area contributed by atoms with Crippen molar-refractivity contribution in [3.8, 4) is 23.0 Å². The van der Waals surface area contributed by atoms with Gasteiger partial charge in [0.15, 0.2) is 29.3 Å². The molecule has 1 aliphatic rings. The molecule has 140 valence electrons. The number of fused-ring (bicyclic) bond motifs is 1. The van der Waals surface area contributed by atoms with Crippen molar-refractivity contribution in [2.75, 3.05) is 35.2 Å². The SMILES string of the molecule is COc1cc(C(OC)OC)c(C(O)c2ccc3c(c2)OCO3)cc1OC. The van der Waals surface area contributed by atoms with Crippen LogP contribution >= 0.6 is 0 Å². The highest BCUT2D eigenvalue weighted by Gasteiger charge is 2.25. The lowest BCUT2D eigenvalue weighted by Gasteiger charge is -2.23. The van der Waals surface area contributed by atoms with Gasteiger partial charge in [-0.05, 0) is 35.4 Å². The molecular formula is C19H22O7. The summed E-state index contributed by atoms with van der Waals surface area (Å²) in [7, 11) is 6.14. The Hall–Kier alpha value is -2.48. The van der Waals surface area contributed by atoms with Crippen molar-refractivity contribution in [3.05, 3.63) is 47.0 Å². The van der Waals surface area contributed by atoms with Crippen LogP contribution in [0.3, 0.4) is 0 Å². The number of rotatable bonds is 7. The molecule has 0 spiro atoms. The molecule has 3 rings (SSSR count). The van der Waals surface area contributed by atoms with E-state index in [1.54, 1.807) is 44.6 Å². The van der Waals surface area contributed by atoms with Crippen LogP contribution in [0.1, 0.15) is 29.1 Å². The lowest BCUT2D eigenvalue weighted by Crippen LogP contribution is -2.12. The van der Waals surface area contributed by atoms with Crippen molar-refractivity contribution >= 4 is 0 Å². The van der Waals surface area contributed by atoms with Gasteiger partial charge in [-0.2, -0.15) is 0 Å². The Labute approximate surface area is 152 Å². The molecule has 1 unspecified atom stereocenters. The first kappa shape index (κ1) is 18.3. The fourth-order valence-electron chi connectivity index (χ4n) is 2.96. The highest BCUT2D eigenvalue weighted by Crippen LogP contribution is 2.41. The lowest BCUT2D eigenvalue weighted by molar-refractivity contribution is -0.107. The van der Waals surface area contributed by atoms with Gasteiger partial charge in [0.2, 0.25) is 6.79 Å². The van der Waals surface area contributed by atoms with E-state index in [4.69, 9.17) is 28.4 Å². The normalized spacial score (nSPS) is 13.8. The highest BCUT2D eigenvalue weighted by molar-refractivity contribution is 5.52. The van der Waals surface area contributed by atoms with E-state index in [-0.39, 0.29) is 6.79 Å². The van der Waals surface area contributed by atoms with Gasteiger partial charge in [-0.25, -0.2) is 0 Å². The Morgan fingerprint density at radius 2 is 1.46 bits per heavy atom. The molecule has 0 amide bonds. The first-order chi connectivity index (χ1) is 12.6. The van der Waals surface area contributed by atoms with E-state index in [9.17, 15) is 5.11 Å². The largest absolute Gasteiger partial charge is 0.493 e. The fourth-order valence-corrected chi connectivity index (χ4v) is 2.96. The summed E-state index contributed by atoms with van der Waals surface area (Å²) in [5.41, 5.74) is 1.86. The van der Waals surface area contributed by atoms with E-state index >= 15 is 0 Å². The summed E-state index contributed by atoms with van der Waals surface area (Å²) in [6.07, 6.45) is -1.62. The fraction of sp³-hybridized carbons (Fsp3) is 0.368. The maximum Gasteiger partial charge on any atom is 0.231 e. The molecule has 0 saturated carbocycles. The molecule has 26 heavy (non-hydrogen) atoms. The third-order valence-corrected chi connectivity index (χ3v) is 4.28. The molecule has 1 heterocycles. The summed E-state index contributed by atoms with van der Waals surface area (Å²) >= 11 is 0. The number of ether oxygens (including phenoxy) is 6. The van der Waals surface area contributed by atoms with Gasteiger partial charge in [-0.3, -0.25) is 0 Å². The van der Waals surface area contributed by atoms with Crippen molar-refractivity contribution in [1.29, 1.82) is 0 Å². The number of aliphatic hydroxyl groups excluding tert-OH is 1. The summed E-state index contributed by atoms with van der Waals surface area (Å²) < 4.78 is 32.2. The molecule has 0 aromatic heterocycles. The lowest BCUT2D eigenvalue weighted by atomic mass is 9.95. The van der Waals surface area contributed by atoms with E-state index in [1.807, 2.05) is 0 Å². The van der Waals surface area contributed by atoms with Crippen molar-refractivity contribution in [2.45, 2.75) is 12.4 Å². The number of methoxy groups -OCH3 is 4. The molecule has 0 aliphatic carbocycles. The first-order valence-corrected chi connectivity index (χ1v) is 8.02. The van der Waals surface area contributed by atoms with Crippen LogP contribution in [0, 0.1) is 0 Å². The predicted octanol–water partition coefficient (Wildman–Crippen LogP) is 2.81. The second kappa shape index (κ2) is 7.82. The maximum atomic E-state index is 11.0. The zero-order valence-corrected chi connectivity index (χ0v) is 15.1. The van der Waals surface area contributed by atoms with Crippen LogP contribution in [0.5, 0.6) is 23.0 Å². The van der Waals surface area contributed by atoms with Gasteiger partial charge in [-0.15, -0.1) is 0 Å². The van der Waals surface area contributed by atoms with Gasteiger partial charge >= 0.3 is 0 Å². The van der Waals surface area contributed by atoms with Crippen molar-refractivity contribution < 1.29 is 33.5 Å². The Morgan fingerprint density at radius 3 is 2.08 bits per heavy atom. The summed E-state index contributed by atoms with van der Waals surface area (Å²) in [6.45, 7) is 0.173. The average Bonchev–Trinajstić information content (AvgIpc) is 3.15. The van der Waals surface area contributed by atoms with Gasteiger partial charge in [0.1, 0.15) is 6.10 Å². The van der Waals surface area contributed by atoms with Gasteiger partial charge in [-0.1, -0.05) is 6.07 Å². The predicted molar refractivity (Wildman–Crippen MR) is 92.9 cm³/mol. The standard InChI is InChI=1S/C19H22O7/c1-21-15-8-12(13(9-16(15)22-2)19(23-3)24-4)18(20)11-5-6-14-17(7-11)26-10-25-14/h5-9,18-20H,10H2,1-4H3. The monoisotopic (exact) mass is 362 g/mol. The van der Waals surface area contributed by atoms with E-state index in [1.165, 1.54) is 14.2 Å². The Bertz CT molecular complexity index is 771.